The molecular weight excluding hydrogens is 382 g/mol. The van der Waals surface area contributed by atoms with Crippen molar-refractivity contribution in [3.8, 4) is 11.5 Å². The molecular formula is C24H23NO3S. The molecule has 1 unspecified atom stereocenters. The molecule has 148 valence electrons. The Balaban J connectivity index is 1.54. The predicted molar refractivity (Wildman–Crippen MR) is 116 cm³/mol. The smallest absolute Gasteiger partial charge is 0.255 e. The van der Waals surface area contributed by atoms with Crippen molar-refractivity contribution in [2.75, 3.05) is 19.4 Å². The summed E-state index contributed by atoms with van der Waals surface area (Å²) < 4.78 is 11.3. The highest BCUT2D eigenvalue weighted by molar-refractivity contribution is 7.99. The van der Waals surface area contributed by atoms with E-state index in [1.807, 2.05) is 77.7 Å². The van der Waals surface area contributed by atoms with E-state index in [9.17, 15) is 4.79 Å². The standard InChI is InChI=1S/C24H23NO3S/c1-27-20-13-11-19(12-14-20)23(26)25-15-16-29-24(25)21-9-5-6-10-22(21)28-17-18-7-3-2-4-8-18/h2-14,24H,15-17H2,1H3. The molecule has 1 saturated heterocycles. The molecule has 0 aromatic heterocycles. The maximum atomic E-state index is 13.2. The Kier molecular flexibility index (Phi) is 6.06. The summed E-state index contributed by atoms with van der Waals surface area (Å²) in [5.41, 5.74) is 2.82. The highest BCUT2D eigenvalue weighted by Gasteiger charge is 2.33. The van der Waals surface area contributed by atoms with Gasteiger partial charge in [0.15, 0.2) is 0 Å². The molecule has 1 aliphatic heterocycles. The van der Waals surface area contributed by atoms with Crippen molar-refractivity contribution >= 4 is 17.7 Å². The Morgan fingerprint density at radius 2 is 1.72 bits per heavy atom. The fourth-order valence-corrected chi connectivity index (χ4v) is 4.67. The Hall–Kier alpha value is -2.92. The molecule has 4 rings (SSSR count). The molecule has 0 radical (unpaired) electrons. The van der Waals surface area contributed by atoms with E-state index in [2.05, 4.69) is 6.07 Å². The van der Waals surface area contributed by atoms with Gasteiger partial charge in [-0.1, -0.05) is 48.5 Å². The molecule has 5 heteroatoms. The normalized spacial score (nSPS) is 15.9. The minimum Gasteiger partial charge on any atom is -0.497 e. The highest BCUT2D eigenvalue weighted by Crippen LogP contribution is 2.42. The highest BCUT2D eigenvalue weighted by atomic mass is 32.2. The van der Waals surface area contributed by atoms with Crippen LogP contribution in [0.15, 0.2) is 78.9 Å². The Morgan fingerprint density at radius 1 is 1.00 bits per heavy atom. The molecule has 0 spiro atoms. The molecule has 1 fully saturated rings. The van der Waals surface area contributed by atoms with Gasteiger partial charge in [0.05, 0.1) is 7.11 Å². The van der Waals surface area contributed by atoms with Gasteiger partial charge in [-0.3, -0.25) is 4.79 Å². The number of nitrogens with zero attached hydrogens (tertiary/aromatic N) is 1. The van der Waals surface area contributed by atoms with Crippen LogP contribution < -0.4 is 9.47 Å². The molecule has 0 N–H and O–H groups in total. The van der Waals surface area contributed by atoms with Gasteiger partial charge in [-0.15, -0.1) is 11.8 Å². The third-order valence-electron chi connectivity index (χ3n) is 4.91. The van der Waals surface area contributed by atoms with Gasteiger partial charge < -0.3 is 14.4 Å². The van der Waals surface area contributed by atoms with Gasteiger partial charge in [-0.25, -0.2) is 0 Å². The van der Waals surface area contributed by atoms with Crippen molar-refractivity contribution in [1.29, 1.82) is 0 Å². The number of ether oxygens (including phenoxy) is 2. The molecule has 1 atom stereocenters. The number of carbonyl (C=O) groups is 1. The zero-order valence-electron chi connectivity index (χ0n) is 16.3. The average Bonchev–Trinajstić information content (AvgIpc) is 3.28. The van der Waals surface area contributed by atoms with Crippen LogP contribution in [-0.2, 0) is 6.61 Å². The fraction of sp³-hybridized carbons (Fsp3) is 0.208. The Labute approximate surface area is 175 Å². The molecule has 3 aromatic carbocycles. The number of para-hydroxylation sites is 1. The first-order valence-corrected chi connectivity index (χ1v) is 10.6. The van der Waals surface area contributed by atoms with Crippen LogP contribution >= 0.6 is 11.8 Å². The van der Waals surface area contributed by atoms with E-state index < -0.39 is 0 Å². The number of thioether (sulfide) groups is 1. The number of hydrogen-bond acceptors (Lipinski definition) is 4. The van der Waals surface area contributed by atoms with E-state index >= 15 is 0 Å². The Morgan fingerprint density at radius 3 is 2.48 bits per heavy atom. The summed E-state index contributed by atoms with van der Waals surface area (Å²) in [7, 11) is 1.62. The lowest BCUT2D eigenvalue weighted by atomic mass is 10.1. The van der Waals surface area contributed by atoms with Crippen LogP contribution in [0.2, 0.25) is 0 Å². The average molecular weight is 406 g/mol. The first-order chi connectivity index (χ1) is 14.3. The summed E-state index contributed by atoms with van der Waals surface area (Å²) in [6.07, 6.45) is 0. The molecule has 29 heavy (non-hydrogen) atoms. The summed E-state index contributed by atoms with van der Waals surface area (Å²) in [6.45, 7) is 1.22. The number of hydrogen-bond donors (Lipinski definition) is 0. The second-order valence-corrected chi connectivity index (χ2v) is 7.95. The summed E-state index contributed by atoms with van der Waals surface area (Å²) in [4.78, 5) is 15.1. The largest absolute Gasteiger partial charge is 0.497 e. The van der Waals surface area contributed by atoms with Crippen molar-refractivity contribution in [2.24, 2.45) is 0 Å². The first kappa shape index (κ1) is 19.4. The van der Waals surface area contributed by atoms with Gasteiger partial charge in [0, 0.05) is 23.4 Å². The van der Waals surface area contributed by atoms with E-state index in [1.54, 1.807) is 18.9 Å². The monoisotopic (exact) mass is 405 g/mol. The van der Waals surface area contributed by atoms with Crippen LogP contribution in [0.1, 0.15) is 26.9 Å². The lowest BCUT2D eigenvalue weighted by molar-refractivity contribution is 0.0759. The number of amides is 1. The van der Waals surface area contributed by atoms with Crippen molar-refractivity contribution in [3.05, 3.63) is 95.6 Å². The molecule has 1 amide bonds. The number of carbonyl (C=O) groups excluding carboxylic acids is 1. The van der Waals surface area contributed by atoms with Crippen molar-refractivity contribution < 1.29 is 14.3 Å². The zero-order valence-corrected chi connectivity index (χ0v) is 17.1. The van der Waals surface area contributed by atoms with Crippen LogP contribution in [0, 0.1) is 0 Å². The Bertz CT molecular complexity index is 959. The zero-order chi connectivity index (χ0) is 20.1. The fourth-order valence-electron chi connectivity index (χ4n) is 3.39. The van der Waals surface area contributed by atoms with Gasteiger partial charge in [-0.05, 0) is 35.9 Å². The van der Waals surface area contributed by atoms with Crippen molar-refractivity contribution in [3.63, 3.8) is 0 Å². The lowest BCUT2D eigenvalue weighted by Crippen LogP contribution is -2.30. The second kappa shape index (κ2) is 9.05. The molecule has 0 bridgehead atoms. The van der Waals surface area contributed by atoms with Crippen LogP contribution in [0.4, 0.5) is 0 Å². The molecule has 0 saturated carbocycles. The SMILES string of the molecule is COc1ccc(C(=O)N2CCSC2c2ccccc2OCc2ccccc2)cc1. The topological polar surface area (TPSA) is 38.8 Å². The second-order valence-electron chi connectivity index (χ2n) is 6.76. The van der Waals surface area contributed by atoms with Gasteiger partial charge in [-0.2, -0.15) is 0 Å². The van der Waals surface area contributed by atoms with Gasteiger partial charge in [0.2, 0.25) is 0 Å². The predicted octanol–water partition coefficient (Wildman–Crippen LogP) is 5.16. The van der Waals surface area contributed by atoms with Crippen molar-refractivity contribution in [2.45, 2.75) is 12.0 Å². The van der Waals surface area contributed by atoms with Crippen LogP contribution in [0.25, 0.3) is 0 Å². The number of rotatable bonds is 6. The van der Waals surface area contributed by atoms with E-state index in [0.717, 1.165) is 28.4 Å². The van der Waals surface area contributed by atoms with Crippen LogP contribution in [0.5, 0.6) is 11.5 Å². The quantitative estimate of drug-likeness (QED) is 0.568. The number of methoxy groups -OCH3 is 1. The van der Waals surface area contributed by atoms with Gasteiger partial charge >= 0.3 is 0 Å². The van der Waals surface area contributed by atoms with E-state index in [0.29, 0.717) is 18.7 Å². The summed E-state index contributed by atoms with van der Waals surface area (Å²) in [5, 5.41) is -0.0587. The molecule has 1 aliphatic rings. The summed E-state index contributed by atoms with van der Waals surface area (Å²) in [5.74, 6) is 2.50. The maximum Gasteiger partial charge on any atom is 0.255 e. The van der Waals surface area contributed by atoms with E-state index in [4.69, 9.17) is 9.47 Å². The molecule has 1 heterocycles. The lowest BCUT2D eigenvalue weighted by Gasteiger charge is -2.26. The minimum atomic E-state index is -0.0587. The van der Waals surface area contributed by atoms with Gasteiger partial charge in [0.25, 0.3) is 5.91 Å². The van der Waals surface area contributed by atoms with E-state index in [-0.39, 0.29) is 11.3 Å². The first-order valence-electron chi connectivity index (χ1n) is 9.58. The summed E-state index contributed by atoms with van der Waals surface area (Å²) >= 11 is 1.77. The van der Waals surface area contributed by atoms with Crippen molar-refractivity contribution in [1.82, 2.24) is 4.90 Å². The molecule has 0 aliphatic carbocycles. The van der Waals surface area contributed by atoms with Gasteiger partial charge in [0.1, 0.15) is 23.5 Å². The van der Waals surface area contributed by atoms with Crippen LogP contribution in [-0.4, -0.2) is 30.2 Å². The van der Waals surface area contributed by atoms with E-state index in [1.165, 1.54) is 0 Å². The minimum absolute atomic E-state index is 0.0283. The maximum absolute atomic E-state index is 13.2. The third-order valence-corrected chi connectivity index (χ3v) is 6.15. The summed E-state index contributed by atoms with van der Waals surface area (Å²) in [6, 6.07) is 25.4. The number of benzene rings is 3. The molecule has 3 aromatic rings. The third kappa shape index (κ3) is 4.40. The molecule has 4 nitrogen and oxygen atoms in total. The van der Waals surface area contributed by atoms with Crippen LogP contribution in [0.3, 0.4) is 0 Å².